The van der Waals surface area contributed by atoms with Gasteiger partial charge in [-0.15, -0.1) is 11.3 Å². The van der Waals surface area contributed by atoms with Gasteiger partial charge in [0, 0.05) is 23.7 Å². The Kier molecular flexibility index (Phi) is 3.57. The summed E-state index contributed by atoms with van der Waals surface area (Å²) >= 11 is 1.61. The number of pyridine rings is 1. The molecule has 0 bridgehead atoms. The molecule has 1 aliphatic carbocycles. The molecule has 2 aromatic rings. The molecule has 3 rings (SSSR count). The molecule has 1 fully saturated rings. The second-order valence-corrected chi connectivity index (χ2v) is 7.52. The first-order valence-electron chi connectivity index (χ1n) is 6.44. The quantitative estimate of drug-likeness (QED) is 0.921. The molecule has 0 saturated heterocycles. The van der Waals surface area contributed by atoms with E-state index in [0.29, 0.717) is 5.92 Å². The number of hydrogen-bond acceptors (Lipinski definition) is 5. The molecule has 2 aromatic heterocycles. The fraction of sp³-hybridized carbons (Fsp3) is 0.385. The SMILES string of the molecule is C[C@H](NS(=O)(=O)c1cccnc1)c1csc(C2CC2)n1. The summed E-state index contributed by atoms with van der Waals surface area (Å²) in [6, 6.07) is 2.79. The van der Waals surface area contributed by atoms with E-state index in [1.807, 2.05) is 5.38 Å². The Balaban J connectivity index is 1.75. The maximum absolute atomic E-state index is 12.2. The Morgan fingerprint density at radius 3 is 2.90 bits per heavy atom. The van der Waals surface area contributed by atoms with Crippen LogP contribution >= 0.6 is 11.3 Å². The van der Waals surface area contributed by atoms with E-state index in [9.17, 15) is 8.42 Å². The third kappa shape index (κ3) is 2.89. The number of aromatic nitrogens is 2. The van der Waals surface area contributed by atoms with E-state index in [0.717, 1.165) is 10.7 Å². The summed E-state index contributed by atoms with van der Waals surface area (Å²) in [7, 11) is -3.55. The zero-order valence-corrected chi connectivity index (χ0v) is 12.6. The van der Waals surface area contributed by atoms with Crippen LogP contribution in [0.2, 0.25) is 0 Å². The summed E-state index contributed by atoms with van der Waals surface area (Å²) in [5.41, 5.74) is 0.782. The number of hydrogen-bond donors (Lipinski definition) is 1. The summed E-state index contributed by atoms with van der Waals surface area (Å²) in [5, 5.41) is 3.05. The van der Waals surface area contributed by atoms with Gasteiger partial charge in [-0.05, 0) is 31.9 Å². The number of rotatable bonds is 5. The minimum Gasteiger partial charge on any atom is -0.263 e. The summed E-state index contributed by atoms with van der Waals surface area (Å²) < 4.78 is 27.0. The van der Waals surface area contributed by atoms with Crippen molar-refractivity contribution in [1.82, 2.24) is 14.7 Å². The van der Waals surface area contributed by atoms with Crippen molar-refractivity contribution in [2.75, 3.05) is 0 Å². The van der Waals surface area contributed by atoms with Crippen LogP contribution < -0.4 is 4.72 Å². The molecule has 7 heteroatoms. The number of nitrogens with one attached hydrogen (secondary N) is 1. The molecule has 0 unspecified atom stereocenters. The van der Waals surface area contributed by atoms with Crippen LogP contribution in [0.25, 0.3) is 0 Å². The zero-order chi connectivity index (χ0) is 14.2. The lowest BCUT2D eigenvalue weighted by molar-refractivity contribution is 0.564. The lowest BCUT2D eigenvalue weighted by Gasteiger charge is -2.11. The second-order valence-electron chi connectivity index (χ2n) is 4.92. The van der Waals surface area contributed by atoms with Gasteiger partial charge in [0.25, 0.3) is 0 Å². The van der Waals surface area contributed by atoms with Crippen molar-refractivity contribution in [3.8, 4) is 0 Å². The number of nitrogens with zero attached hydrogens (tertiary/aromatic N) is 2. The minimum absolute atomic E-state index is 0.171. The van der Waals surface area contributed by atoms with E-state index < -0.39 is 10.0 Å². The van der Waals surface area contributed by atoms with Gasteiger partial charge in [-0.25, -0.2) is 18.1 Å². The van der Waals surface area contributed by atoms with Gasteiger partial charge in [-0.3, -0.25) is 4.98 Å². The Bertz CT molecular complexity index is 693. The molecule has 1 N–H and O–H groups in total. The molecule has 1 saturated carbocycles. The fourth-order valence-electron chi connectivity index (χ4n) is 1.88. The van der Waals surface area contributed by atoms with Crippen LogP contribution in [0.15, 0.2) is 34.8 Å². The third-order valence-electron chi connectivity index (χ3n) is 3.19. The maximum atomic E-state index is 12.2. The Morgan fingerprint density at radius 1 is 1.45 bits per heavy atom. The summed E-state index contributed by atoms with van der Waals surface area (Å²) in [6.45, 7) is 1.81. The molecule has 20 heavy (non-hydrogen) atoms. The van der Waals surface area contributed by atoms with Gasteiger partial charge in [-0.1, -0.05) is 0 Å². The third-order valence-corrected chi connectivity index (χ3v) is 5.74. The molecule has 106 valence electrons. The maximum Gasteiger partial charge on any atom is 0.242 e. The molecular weight excluding hydrogens is 294 g/mol. The molecule has 0 amide bonds. The topological polar surface area (TPSA) is 72.0 Å². The number of sulfonamides is 1. The smallest absolute Gasteiger partial charge is 0.242 e. The predicted octanol–water partition coefficient (Wildman–Crippen LogP) is 2.46. The van der Waals surface area contributed by atoms with Crippen molar-refractivity contribution in [3.05, 3.63) is 40.6 Å². The molecule has 0 spiro atoms. The Labute approximate surface area is 122 Å². The first-order valence-corrected chi connectivity index (χ1v) is 8.80. The van der Waals surface area contributed by atoms with Crippen LogP contribution in [0.1, 0.15) is 42.4 Å². The van der Waals surface area contributed by atoms with Crippen LogP contribution in [0.4, 0.5) is 0 Å². The predicted molar refractivity (Wildman–Crippen MR) is 77.1 cm³/mol. The van der Waals surface area contributed by atoms with E-state index in [1.165, 1.54) is 25.1 Å². The van der Waals surface area contributed by atoms with Crippen molar-refractivity contribution in [3.63, 3.8) is 0 Å². The van der Waals surface area contributed by atoms with Gasteiger partial charge < -0.3 is 0 Å². The van der Waals surface area contributed by atoms with E-state index >= 15 is 0 Å². The average molecular weight is 309 g/mol. The average Bonchev–Trinajstić information content (AvgIpc) is 3.17. The summed E-state index contributed by atoms with van der Waals surface area (Å²) in [5.74, 6) is 0.593. The van der Waals surface area contributed by atoms with Crippen LogP contribution in [0.3, 0.4) is 0 Å². The van der Waals surface area contributed by atoms with Crippen molar-refractivity contribution in [1.29, 1.82) is 0 Å². The molecular formula is C13H15N3O2S2. The first-order chi connectivity index (χ1) is 9.56. The van der Waals surface area contributed by atoms with Crippen molar-refractivity contribution >= 4 is 21.4 Å². The van der Waals surface area contributed by atoms with E-state index in [4.69, 9.17) is 0 Å². The van der Waals surface area contributed by atoms with Crippen LogP contribution in [-0.4, -0.2) is 18.4 Å². The van der Waals surface area contributed by atoms with Crippen molar-refractivity contribution < 1.29 is 8.42 Å². The monoisotopic (exact) mass is 309 g/mol. The van der Waals surface area contributed by atoms with Gasteiger partial charge in [0.05, 0.1) is 16.7 Å². The van der Waals surface area contributed by atoms with E-state index in [1.54, 1.807) is 30.5 Å². The highest BCUT2D eigenvalue weighted by atomic mass is 32.2. The fourth-order valence-corrected chi connectivity index (χ4v) is 4.15. The molecule has 1 atom stereocenters. The van der Waals surface area contributed by atoms with Crippen molar-refractivity contribution in [2.24, 2.45) is 0 Å². The van der Waals surface area contributed by atoms with Crippen LogP contribution in [0, 0.1) is 0 Å². The highest BCUT2D eigenvalue weighted by molar-refractivity contribution is 7.89. The molecule has 1 aliphatic rings. The number of thiazole rings is 1. The van der Waals surface area contributed by atoms with Crippen LogP contribution in [-0.2, 0) is 10.0 Å². The highest BCUT2D eigenvalue weighted by Gasteiger charge is 2.28. The second kappa shape index (κ2) is 5.23. The zero-order valence-electron chi connectivity index (χ0n) is 11.0. The van der Waals surface area contributed by atoms with Crippen molar-refractivity contribution in [2.45, 2.75) is 36.6 Å². The van der Waals surface area contributed by atoms with Gasteiger partial charge in [0.15, 0.2) is 0 Å². The molecule has 0 radical (unpaired) electrons. The first kappa shape index (κ1) is 13.7. The van der Waals surface area contributed by atoms with E-state index in [-0.39, 0.29) is 10.9 Å². The Morgan fingerprint density at radius 2 is 2.25 bits per heavy atom. The Hall–Kier alpha value is -1.31. The van der Waals surface area contributed by atoms with Gasteiger partial charge in [0.2, 0.25) is 10.0 Å². The standard InChI is InChI=1S/C13H15N3O2S2/c1-9(12-8-19-13(15-12)10-4-5-10)16-20(17,18)11-3-2-6-14-7-11/h2-3,6-10,16H,4-5H2,1H3/t9-/m0/s1. The lowest BCUT2D eigenvalue weighted by Crippen LogP contribution is -2.27. The van der Waals surface area contributed by atoms with Gasteiger partial charge in [-0.2, -0.15) is 0 Å². The largest absolute Gasteiger partial charge is 0.263 e. The minimum atomic E-state index is -3.55. The normalized spacial score (nSPS) is 17.1. The van der Waals surface area contributed by atoms with Crippen LogP contribution in [0.5, 0.6) is 0 Å². The highest BCUT2D eigenvalue weighted by Crippen LogP contribution is 2.41. The molecule has 5 nitrogen and oxygen atoms in total. The molecule has 0 aromatic carbocycles. The molecule has 0 aliphatic heterocycles. The summed E-state index contributed by atoms with van der Waals surface area (Å²) in [6.07, 6.45) is 5.28. The van der Waals surface area contributed by atoms with Gasteiger partial charge >= 0.3 is 0 Å². The molecule has 2 heterocycles. The van der Waals surface area contributed by atoms with E-state index in [2.05, 4.69) is 14.7 Å². The lowest BCUT2D eigenvalue weighted by atomic mass is 10.3. The summed E-state index contributed by atoms with van der Waals surface area (Å²) in [4.78, 5) is 8.53. The van der Waals surface area contributed by atoms with Gasteiger partial charge in [0.1, 0.15) is 4.90 Å².